The third-order valence-electron chi connectivity index (χ3n) is 3.46. The maximum absolute atomic E-state index is 12.0. The van der Waals surface area contributed by atoms with Crippen molar-refractivity contribution in [3.63, 3.8) is 0 Å². The second kappa shape index (κ2) is 11.8. The van der Waals surface area contributed by atoms with Crippen LogP contribution in [0.1, 0.15) is 57.1 Å². The Morgan fingerprint density at radius 1 is 1.18 bits per heavy atom. The number of aliphatic imine (C=N–C) groups is 1. The van der Waals surface area contributed by atoms with Gasteiger partial charge in [0, 0.05) is 24.4 Å². The molecule has 0 aliphatic carbocycles. The molecule has 0 aromatic carbocycles. The van der Waals surface area contributed by atoms with E-state index in [4.69, 9.17) is 4.74 Å². The summed E-state index contributed by atoms with van der Waals surface area (Å²) in [5.41, 5.74) is 0.0623. The molecule has 9 heteroatoms. The van der Waals surface area contributed by atoms with E-state index in [1.807, 2.05) is 55.4 Å². The highest BCUT2D eigenvalue weighted by Gasteiger charge is 2.24. The summed E-state index contributed by atoms with van der Waals surface area (Å²) in [5.74, 6) is 0.732. The Labute approximate surface area is 190 Å². The zero-order valence-corrected chi connectivity index (χ0v) is 21.5. The van der Waals surface area contributed by atoms with E-state index in [0.29, 0.717) is 6.54 Å². The van der Waals surface area contributed by atoms with Crippen molar-refractivity contribution in [2.24, 2.45) is 4.99 Å². The number of halogens is 1. The van der Waals surface area contributed by atoms with Crippen LogP contribution in [0.25, 0.3) is 0 Å². The number of nitrogens with one attached hydrogen (secondary N) is 3. The predicted octanol–water partition coefficient (Wildman–Crippen LogP) is 3.78. The van der Waals surface area contributed by atoms with Crippen LogP contribution in [0.5, 0.6) is 0 Å². The van der Waals surface area contributed by atoms with Crippen molar-refractivity contribution in [3.8, 4) is 0 Å². The molecule has 1 heterocycles. The molecule has 162 valence electrons. The van der Waals surface area contributed by atoms with Crippen LogP contribution in [-0.4, -0.2) is 47.8 Å². The van der Waals surface area contributed by atoms with E-state index in [1.165, 1.54) is 4.88 Å². The normalized spacial score (nSPS) is 12.2. The molecule has 0 unspecified atom stereocenters. The van der Waals surface area contributed by atoms with Gasteiger partial charge < -0.3 is 20.7 Å². The van der Waals surface area contributed by atoms with Gasteiger partial charge in [-0.25, -0.2) is 9.78 Å². The van der Waals surface area contributed by atoms with Crippen LogP contribution < -0.4 is 16.0 Å². The van der Waals surface area contributed by atoms with Crippen LogP contribution in [0.2, 0.25) is 0 Å². The van der Waals surface area contributed by atoms with Crippen LogP contribution in [0.15, 0.2) is 4.99 Å². The fraction of sp³-hybridized carbons (Fsp3) is 0.737. The average molecular weight is 526 g/mol. The first-order valence-corrected chi connectivity index (χ1v) is 10.2. The number of rotatable bonds is 7. The third kappa shape index (κ3) is 11.0. The molecule has 0 spiro atoms. The van der Waals surface area contributed by atoms with E-state index in [2.05, 4.69) is 25.9 Å². The van der Waals surface area contributed by atoms with Gasteiger partial charge in [0.2, 0.25) is 0 Å². The Morgan fingerprint density at radius 2 is 1.82 bits per heavy atom. The maximum atomic E-state index is 12.0. The molecule has 1 amide bonds. The van der Waals surface area contributed by atoms with Gasteiger partial charge in [-0.2, -0.15) is 0 Å². The van der Waals surface area contributed by atoms with E-state index in [1.54, 1.807) is 11.3 Å². The summed E-state index contributed by atoms with van der Waals surface area (Å²) >= 11 is 1.74. The molecule has 0 saturated carbocycles. The first kappa shape index (κ1) is 26.9. The summed E-state index contributed by atoms with van der Waals surface area (Å²) in [5, 5.41) is 10.5. The lowest BCUT2D eigenvalue weighted by molar-refractivity contribution is 0.0476. The largest absolute Gasteiger partial charge is 0.444 e. The van der Waals surface area contributed by atoms with E-state index < -0.39 is 17.2 Å². The van der Waals surface area contributed by atoms with Gasteiger partial charge in [-0.3, -0.25) is 4.99 Å². The number of hydrogen-bond donors (Lipinski definition) is 3. The van der Waals surface area contributed by atoms with Crippen molar-refractivity contribution in [2.75, 3.05) is 19.6 Å². The molecular formula is C19H36IN5O2S. The Bertz CT molecular complexity index is 653. The average Bonchev–Trinajstić information content (AvgIpc) is 2.80. The van der Waals surface area contributed by atoms with Crippen molar-refractivity contribution >= 4 is 47.4 Å². The van der Waals surface area contributed by atoms with Crippen LogP contribution in [0, 0.1) is 13.8 Å². The summed E-state index contributed by atoms with van der Waals surface area (Å²) in [4.78, 5) is 22.3. The highest BCUT2D eigenvalue weighted by Crippen LogP contribution is 2.17. The Hall–Kier alpha value is -1.10. The minimum atomic E-state index is -0.521. The minimum absolute atomic E-state index is 0. The first-order chi connectivity index (χ1) is 12.4. The van der Waals surface area contributed by atoms with Crippen molar-refractivity contribution < 1.29 is 9.53 Å². The Morgan fingerprint density at radius 3 is 2.32 bits per heavy atom. The van der Waals surface area contributed by atoms with Crippen LogP contribution in [0.3, 0.4) is 0 Å². The van der Waals surface area contributed by atoms with E-state index in [9.17, 15) is 4.79 Å². The number of ether oxygens (including phenoxy) is 1. The van der Waals surface area contributed by atoms with Crippen LogP contribution in [0.4, 0.5) is 4.79 Å². The van der Waals surface area contributed by atoms with Gasteiger partial charge in [0.05, 0.1) is 22.8 Å². The quantitative estimate of drug-likeness (QED) is 0.287. The zero-order valence-electron chi connectivity index (χ0n) is 18.4. The van der Waals surface area contributed by atoms with Crippen molar-refractivity contribution in [1.29, 1.82) is 0 Å². The molecule has 1 aromatic heterocycles. The van der Waals surface area contributed by atoms with Crippen molar-refractivity contribution in [2.45, 2.75) is 73.0 Å². The molecule has 1 rings (SSSR count). The molecule has 0 atom stereocenters. The standard InChI is InChI=1S/C19H35N5O2S.HI/c1-9-20-16(21-11-10-15-13(2)23-14(3)27-15)22-12-19(7,8)24-17(25)26-18(4,5)6;/h9-12H2,1-8H3,(H,24,25)(H2,20,21,22);1H. The maximum Gasteiger partial charge on any atom is 0.408 e. The fourth-order valence-electron chi connectivity index (χ4n) is 2.34. The van der Waals surface area contributed by atoms with Gasteiger partial charge in [0.25, 0.3) is 0 Å². The van der Waals surface area contributed by atoms with Gasteiger partial charge >= 0.3 is 6.09 Å². The van der Waals surface area contributed by atoms with Crippen molar-refractivity contribution in [1.82, 2.24) is 20.9 Å². The molecular weight excluding hydrogens is 489 g/mol. The first-order valence-electron chi connectivity index (χ1n) is 9.38. The van der Waals surface area contributed by atoms with E-state index in [0.717, 1.165) is 36.2 Å². The number of aryl methyl sites for hydroxylation is 2. The summed E-state index contributed by atoms with van der Waals surface area (Å²) in [6.07, 6.45) is 0.470. The van der Waals surface area contributed by atoms with Gasteiger partial charge in [-0.1, -0.05) is 0 Å². The predicted molar refractivity (Wildman–Crippen MR) is 128 cm³/mol. The smallest absolute Gasteiger partial charge is 0.408 e. The molecule has 0 aliphatic rings. The molecule has 3 N–H and O–H groups in total. The molecule has 0 fully saturated rings. The van der Waals surface area contributed by atoms with E-state index >= 15 is 0 Å². The number of nitrogens with zero attached hydrogens (tertiary/aromatic N) is 2. The lowest BCUT2D eigenvalue weighted by Gasteiger charge is -2.27. The molecule has 0 bridgehead atoms. The molecule has 0 radical (unpaired) electrons. The van der Waals surface area contributed by atoms with Crippen LogP contribution in [-0.2, 0) is 11.2 Å². The fourth-order valence-corrected chi connectivity index (χ4v) is 3.27. The monoisotopic (exact) mass is 525 g/mol. The molecule has 7 nitrogen and oxygen atoms in total. The van der Waals surface area contributed by atoms with Gasteiger partial charge in [-0.15, -0.1) is 35.3 Å². The highest BCUT2D eigenvalue weighted by molar-refractivity contribution is 14.0. The number of thiazole rings is 1. The lowest BCUT2D eigenvalue weighted by Crippen LogP contribution is -2.49. The third-order valence-corrected chi connectivity index (χ3v) is 4.59. The SMILES string of the molecule is CCNC(=NCC(C)(C)NC(=O)OC(C)(C)C)NCCc1sc(C)nc1C.I. The number of aromatic nitrogens is 1. The highest BCUT2D eigenvalue weighted by atomic mass is 127. The number of guanidine groups is 1. The van der Waals surface area contributed by atoms with Crippen molar-refractivity contribution in [3.05, 3.63) is 15.6 Å². The van der Waals surface area contributed by atoms with Gasteiger partial charge in [0.1, 0.15) is 5.60 Å². The number of alkyl carbamates (subject to hydrolysis) is 1. The summed E-state index contributed by atoms with van der Waals surface area (Å²) < 4.78 is 5.32. The molecule has 28 heavy (non-hydrogen) atoms. The van der Waals surface area contributed by atoms with Gasteiger partial charge in [-0.05, 0) is 55.4 Å². The number of carbonyl (C=O) groups is 1. The second-order valence-corrected chi connectivity index (χ2v) is 9.41. The summed E-state index contributed by atoms with van der Waals surface area (Å²) in [7, 11) is 0. The van der Waals surface area contributed by atoms with E-state index in [-0.39, 0.29) is 24.0 Å². The summed E-state index contributed by atoms with van der Waals surface area (Å²) in [6, 6.07) is 0. The Kier molecular flexibility index (Phi) is 11.3. The molecule has 1 aromatic rings. The topological polar surface area (TPSA) is 87.6 Å². The minimum Gasteiger partial charge on any atom is -0.444 e. The zero-order chi connectivity index (χ0) is 20.7. The van der Waals surface area contributed by atoms with Gasteiger partial charge in [0.15, 0.2) is 5.96 Å². The Balaban J connectivity index is 0.00000729. The second-order valence-electron chi connectivity index (χ2n) is 8.12. The number of carbonyl (C=O) groups excluding carboxylic acids is 1. The molecule has 0 aliphatic heterocycles. The summed E-state index contributed by atoms with van der Waals surface area (Å²) in [6.45, 7) is 17.5. The number of hydrogen-bond acceptors (Lipinski definition) is 5. The number of amides is 1. The lowest BCUT2D eigenvalue weighted by atomic mass is 10.1. The van der Waals surface area contributed by atoms with Crippen LogP contribution >= 0.6 is 35.3 Å². The molecule has 0 saturated heterocycles.